The third kappa shape index (κ3) is 3.85. The molecule has 1 aliphatic heterocycles. The van der Waals surface area contributed by atoms with Gasteiger partial charge in [0.05, 0.1) is 36.8 Å². The van der Waals surface area contributed by atoms with E-state index in [0.717, 1.165) is 11.1 Å². The Hall–Kier alpha value is -4.39. The molecule has 1 atom stereocenters. The van der Waals surface area contributed by atoms with E-state index in [2.05, 4.69) is 0 Å². The molecule has 0 aliphatic carbocycles. The molecule has 7 nitrogen and oxygen atoms in total. The highest BCUT2D eigenvalue weighted by atomic mass is 16.5. The molecule has 2 heterocycles. The third-order valence-electron chi connectivity index (χ3n) is 6.28. The van der Waals surface area contributed by atoms with Crippen LogP contribution in [-0.4, -0.2) is 31.0 Å². The van der Waals surface area contributed by atoms with Crippen molar-refractivity contribution >= 4 is 22.8 Å². The standard InChI is InChI=1S/C28H23NO6/c1-16-4-13-22-21(14-16)25(30)23-24(18-7-9-19(10-8-18)28(32)34-3)29(27(31)26(23)35-22)15-17-5-11-20(33-2)12-6-17/h4-14,24H,15H2,1-3H3/t24-/m0/s1. The Morgan fingerprint density at radius 2 is 1.69 bits per heavy atom. The van der Waals surface area contributed by atoms with Gasteiger partial charge in [-0.05, 0) is 54.4 Å². The van der Waals surface area contributed by atoms with Crippen molar-refractivity contribution in [2.45, 2.75) is 19.5 Å². The highest BCUT2D eigenvalue weighted by Gasteiger charge is 2.42. The average molecular weight is 469 g/mol. The highest BCUT2D eigenvalue weighted by molar-refractivity contribution is 5.99. The maximum Gasteiger partial charge on any atom is 0.337 e. The lowest BCUT2D eigenvalue weighted by molar-refractivity contribution is 0.0599. The first kappa shape index (κ1) is 22.4. The molecule has 7 heteroatoms. The summed E-state index contributed by atoms with van der Waals surface area (Å²) in [5.41, 5.74) is 3.30. The van der Waals surface area contributed by atoms with Gasteiger partial charge in [-0.15, -0.1) is 0 Å². The number of aryl methyl sites for hydroxylation is 1. The molecule has 0 N–H and O–H groups in total. The predicted molar refractivity (Wildman–Crippen MR) is 130 cm³/mol. The summed E-state index contributed by atoms with van der Waals surface area (Å²) in [7, 11) is 2.91. The summed E-state index contributed by atoms with van der Waals surface area (Å²) < 4.78 is 16.0. The van der Waals surface area contributed by atoms with Gasteiger partial charge < -0.3 is 18.8 Å². The van der Waals surface area contributed by atoms with E-state index in [0.29, 0.717) is 33.4 Å². The summed E-state index contributed by atoms with van der Waals surface area (Å²) in [6, 6.07) is 18.8. The van der Waals surface area contributed by atoms with Crippen molar-refractivity contribution in [2.75, 3.05) is 14.2 Å². The molecule has 35 heavy (non-hydrogen) atoms. The lowest BCUT2D eigenvalue weighted by Gasteiger charge is -2.25. The highest BCUT2D eigenvalue weighted by Crippen LogP contribution is 2.39. The Morgan fingerprint density at radius 1 is 0.971 bits per heavy atom. The molecule has 0 bridgehead atoms. The number of benzene rings is 3. The van der Waals surface area contributed by atoms with Gasteiger partial charge in [-0.25, -0.2) is 4.79 Å². The van der Waals surface area contributed by atoms with E-state index in [-0.39, 0.29) is 23.6 Å². The summed E-state index contributed by atoms with van der Waals surface area (Å²) >= 11 is 0. The average Bonchev–Trinajstić information content (AvgIpc) is 3.16. The Labute approximate surface area is 201 Å². The molecule has 5 rings (SSSR count). The van der Waals surface area contributed by atoms with E-state index in [9.17, 15) is 14.4 Å². The van der Waals surface area contributed by atoms with E-state index in [1.165, 1.54) is 7.11 Å². The maximum absolute atomic E-state index is 13.7. The third-order valence-corrected chi connectivity index (χ3v) is 6.28. The van der Waals surface area contributed by atoms with Gasteiger partial charge in [0.15, 0.2) is 5.43 Å². The molecule has 0 radical (unpaired) electrons. The molecule has 1 aromatic heterocycles. The molecule has 0 unspecified atom stereocenters. The number of ether oxygens (including phenoxy) is 2. The fourth-order valence-corrected chi connectivity index (χ4v) is 4.49. The van der Waals surface area contributed by atoms with Crippen molar-refractivity contribution in [1.29, 1.82) is 0 Å². The Balaban J connectivity index is 1.66. The fourth-order valence-electron chi connectivity index (χ4n) is 4.49. The van der Waals surface area contributed by atoms with Crippen molar-refractivity contribution in [1.82, 2.24) is 4.90 Å². The number of esters is 1. The lowest BCUT2D eigenvalue weighted by Crippen LogP contribution is -2.29. The Bertz CT molecular complexity index is 1500. The second-order valence-electron chi connectivity index (χ2n) is 8.47. The first-order valence-corrected chi connectivity index (χ1v) is 11.1. The van der Waals surface area contributed by atoms with Crippen LogP contribution in [0.25, 0.3) is 11.0 Å². The monoisotopic (exact) mass is 469 g/mol. The van der Waals surface area contributed by atoms with Crippen LogP contribution in [0.4, 0.5) is 0 Å². The van der Waals surface area contributed by atoms with Gasteiger partial charge >= 0.3 is 5.97 Å². The zero-order valence-corrected chi connectivity index (χ0v) is 19.5. The minimum atomic E-state index is -0.674. The number of carbonyl (C=O) groups is 2. The van der Waals surface area contributed by atoms with Crippen molar-refractivity contribution in [3.63, 3.8) is 0 Å². The largest absolute Gasteiger partial charge is 0.497 e. The zero-order chi connectivity index (χ0) is 24.7. The van der Waals surface area contributed by atoms with E-state index in [1.54, 1.807) is 48.4 Å². The molecule has 1 aliphatic rings. The van der Waals surface area contributed by atoms with Gasteiger partial charge in [0.1, 0.15) is 11.3 Å². The summed E-state index contributed by atoms with van der Waals surface area (Å²) in [5, 5.41) is 0.430. The SMILES string of the molecule is COC(=O)c1ccc([C@H]2c3c(oc4ccc(C)cc4c3=O)C(=O)N2Cc2ccc(OC)cc2)cc1. The first-order valence-electron chi connectivity index (χ1n) is 11.1. The van der Waals surface area contributed by atoms with Crippen LogP contribution in [0.15, 0.2) is 75.9 Å². The number of carbonyl (C=O) groups excluding carboxylic acids is 2. The molecule has 1 amide bonds. The van der Waals surface area contributed by atoms with E-state index in [1.807, 2.05) is 37.3 Å². The van der Waals surface area contributed by atoms with E-state index >= 15 is 0 Å². The molecule has 0 saturated carbocycles. The number of methoxy groups -OCH3 is 2. The summed E-state index contributed by atoms with van der Waals surface area (Å²) in [5.74, 6) is -0.0759. The van der Waals surface area contributed by atoms with Crippen molar-refractivity contribution in [2.24, 2.45) is 0 Å². The Kier molecular flexibility index (Phi) is 5.61. The molecule has 0 fully saturated rings. The number of amides is 1. The van der Waals surface area contributed by atoms with Gasteiger partial charge in [0, 0.05) is 6.54 Å². The number of rotatable bonds is 5. The van der Waals surface area contributed by atoms with Crippen LogP contribution in [0.2, 0.25) is 0 Å². The van der Waals surface area contributed by atoms with E-state index < -0.39 is 12.0 Å². The van der Waals surface area contributed by atoms with Gasteiger partial charge in [-0.1, -0.05) is 35.9 Å². The fraction of sp³-hybridized carbons (Fsp3) is 0.179. The molecular weight excluding hydrogens is 446 g/mol. The summed E-state index contributed by atoms with van der Waals surface area (Å²) in [6.07, 6.45) is 0. The number of hydrogen-bond acceptors (Lipinski definition) is 6. The Morgan fingerprint density at radius 3 is 2.34 bits per heavy atom. The van der Waals surface area contributed by atoms with Crippen LogP contribution in [0.5, 0.6) is 5.75 Å². The minimum Gasteiger partial charge on any atom is -0.497 e. The smallest absolute Gasteiger partial charge is 0.337 e. The van der Waals surface area contributed by atoms with Crippen LogP contribution in [0.3, 0.4) is 0 Å². The van der Waals surface area contributed by atoms with Crippen LogP contribution in [0, 0.1) is 6.92 Å². The van der Waals surface area contributed by atoms with Crippen LogP contribution >= 0.6 is 0 Å². The topological polar surface area (TPSA) is 86.0 Å². The van der Waals surface area contributed by atoms with Gasteiger partial charge in [0.2, 0.25) is 5.76 Å². The summed E-state index contributed by atoms with van der Waals surface area (Å²) in [6.45, 7) is 2.15. The van der Waals surface area contributed by atoms with Crippen molar-refractivity contribution < 1.29 is 23.5 Å². The van der Waals surface area contributed by atoms with Gasteiger partial charge in [0.25, 0.3) is 5.91 Å². The predicted octanol–water partition coefficient (Wildman–Crippen LogP) is 4.64. The van der Waals surface area contributed by atoms with Gasteiger partial charge in [-0.2, -0.15) is 0 Å². The maximum atomic E-state index is 13.7. The van der Waals surface area contributed by atoms with Crippen LogP contribution < -0.4 is 10.2 Å². The quantitative estimate of drug-likeness (QED) is 0.396. The number of hydrogen-bond donors (Lipinski definition) is 0. The second-order valence-corrected chi connectivity index (χ2v) is 8.47. The summed E-state index contributed by atoms with van der Waals surface area (Å²) in [4.78, 5) is 40.8. The number of nitrogens with zero attached hydrogens (tertiary/aromatic N) is 1. The second kappa shape index (κ2) is 8.76. The normalized spacial score (nSPS) is 14.8. The van der Waals surface area contributed by atoms with Crippen molar-refractivity contribution in [3.8, 4) is 5.75 Å². The molecule has 3 aromatic carbocycles. The van der Waals surface area contributed by atoms with Crippen molar-refractivity contribution in [3.05, 3.63) is 111 Å². The molecule has 0 spiro atoms. The minimum absolute atomic E-state index is 0.0434. The molecular formula is C28H23NO6. The number of fused-ring (bicyclic) bond motifs is 2. The van der Waals surface area contributed by atoms with E-state index in [4.69, 9.17) is 13.9 Å². The van der Waals surface area contributed by atoms with Gasteiger partial charge in [-0.3, -0.25) is 9.59 Å². The van der Waals surface area contributed by atoms with Crippen LogP contribution in [0.1, 0.15) is 49.2 Å². The molecule has 0 saturated heterocycles. The lowest BCUT2D eigenvalue weighted by atomic mass is 9.97. The van der Waals surface area contributed by atoms with Crippen LogP contribution in [-0.2, 0) is 11.3 Å². The molecule has 176 valence electrons. The molecule has 4 aromatic rings. The zero-order valence-electron chi connectivity index (χ0n) is 19.5. The first-order chi connectivity index (χ1) is 16.9.